The fraction of sp³-hybridized carbons (Fsp3) is 0.350. The van der Waals surface area contributed by atoms with Crippen LogP contribution in [0.15, 0.2) is 48.7 Å². The Hall–Kier alpha value is -2.12. The second-order valence-electron chi connectivity index (χ2n) is 7.81. The zero-order chi connectivity index (χ0) is 19.7. The van der Waals surface area contributed by atoms with Crippen LogP contribution >= 0.6 is 0 Å². The maximum Gasteiger partial charge on any atom is 0.417 e. The van der Waals surface area contributed by atoms with Gasteiger partial charge < -0.3 is 4.74 Å². The van der Waals surface area contributed by atoms with E-state index in [0.717, 1.165) is 23.0 Å². The van der Waals surface area contributed by atoms with Crippen molar-refractivity contribution in [2.75, 3.05) is 6.61 Å². The summed E-state index contributed by atoms with van der Waals surface area (Å²) in [6.45, 7) is 7.90. The van der Waals surface area contributed by atoms with E-state index in [-0.39, 0.29) is 5.56 Å². The summed E-state index contributed by atoms with van der Waals surface area (Å²) < 4.78 is 47.3. The Morgan fingerprint density at radius 2 is 1.81 bits per heavy atom. The fourth-order valence-electron chi connectivity index (χ4n) is 2.87. The van der Waals surface area contributed by atoms with Gasteiger partial charge >= 0.3 is 6.18 Å². The Kier molecular flexibility index (Phi) is 5.44. The van der Waals surface area contributed by atoms with Crippen molar-refractivity contribution in [3.63, 3.8) is 0 Å². The van der Waals surface area contributed by atoms with Crippen LogP contribution in [0.1, 0.15) is 5.56 Å². The van der Waals surface area contributed by atoms with Crippen LogP contribution in [-0.4, -0.2) is 24.5 Å². The molecular weight excluding hydrogens is 369 g/mol. The summed E-state index contributed by atoms with van der Waals surface area (Å²) in [5.41, 5.74) is 0.906. The lowest BCUT2D eigenvalue weighted by Crippen LogP contribution is -2.22. The van der Waals surface area contributed by atoms with Crippen molar-refractivity contribution in [2.24, 2.45) is 0 Å². The third-order valence-corrected chi connectivity index (χ3v) is 6.10. The van der Waals surface area contributed by atoms with Gasteiger partial charge in [-0.1, -0.05) is 43.9 Å². The molecule has 3 rings (SSSR count). The quantitative estimate of drug-likeness (QED) is 0.378. The van der Waals surface area contributed by atoms with Crippen molar-refractivity contribution < 1.29 is 17.9 Å². The monoisotopic (exact) mass is 392 g/mol. The lowest BCUT2D eigenvalue weighted by atomic mass is 9.98. The first kappa shape index (κ1) is 19.6. The number of halogens is 3. The molecule has 0 fully saturated rings. The highest BCUT2D eigenvalue weighted by Gasteiger charge is 2.33. The smallest absolute Gasteiger partial charge is 0.360 e. The summed E-state index contributed by atoms with van der Waals surface area (Å²) >= 11 is 0. The van der Waals surface area contributed by atoms with Gasteiger partial charge in [-0.15, -0.1) is 0 Å². The van der Waals surface area contributed by atoms with Gasteiger partial charge in [-0.2, -0.15) is 18.3 Å². The molecule has 0 radical (unpaired) electrons. The standard InChI is InChI=1S/C20H23F3N2OSi/c1-27(2,3)11-10-26-14-25-19-9-8-15(12-16(19)13-24-25)17-6-4-5-7-18(17)20(21,22)23/h4-9,12-13H,10-11,14H2,1-3H3. The van der Waals surface area contributed by atoms with E-state index in [4.69, 9.17) is 4.74 Å². The number of aromatic nitrogens is 2. The van der Waals surface area contributed by atoms with Crippen molar-refractivity contribution in [3.05, 3.63) is 54.2 Å². The minimum Gasteiger partial charge on any atom is -0.360 e. The van der Waals surface area contributed by atoms with Gasteiger partial charge in [-0.3, -0.25) is 0 Å². The lowest BCUT2D eigenvalue weighted by molar-refractivity contribution is -0.137. The molecule has 0 aliphatic carbocycles. The molecule has 0 atom stereocenters. The molecule has 2 aromatic carbocycles. The number of hydrogen-bond acceptors (Lipinski definition) is 2. The van der Waals surface area contributed by atoms with Crippen LogP contribution < -0.4 is 0 Å². The van der Waals surface area contributed by atoms with Gasteiger partial charge in [0.05, 0.1) is 17.3 Å². The first-order valence-corrected chi connectivity index (χ1v) is 12.6. The number of ether oxygens (including phenoxy) is 1. The zero-order valence-corrected chi connectivity index (χ0v) is 16.7. The van der Waals surface area contributed by atoms with E-state index in [1.54, 1.807) is 35.1 Å². The molecule has 3 nitrogen and oxygen atoms in total. The van der Waals surface area contributed by atoms with Crippen LogP contribution in [0.5, 0.6) is 0 Å². The molecule has 0 aliphatic rings. The summed E-state index contributed by atoms with van der Waals surface area (Å²) in [6.07, 6.45) is -2.73. The largest absolute Gasteiger partial charge is 0.417 e. The number of fused-ring (bicyclic) bond motifs is 1. The van der Waals surface area contributed by atoms with Crippen molar-refractivity contribution in [1.29, 1.82) is 0 Å². The van der Waals surface area contributed by atoms with Crippen molar-refractivity contribution in [3.8, 4) is 11.1 Å². The fourth-order valence-corrected chi connectivity index (χ4v) is 3.63. The summed E-state index contributed by atoms with van der Waals surface area (Å²) in [5.74, 6) is 0. The molecule has 3 aromatic rings. The molecule has 0 amide bonds. The predicted octanol–water partition coefficient (Wildman–Crippen LogP) is 6.03. The summed E-state index contributed by atoms with van der Waals surface area (Å²) in [7, 11) is -1.15. The lowest BCUT2D eigenvalue weighted by Gasteiger charge is -2.15. The molecule has 0 spiro atoms. The highest BCUT2D eigenvalue weighted by Crippen LogP contribution is 2.37. The number of rotatable bonds is 6. The molecule has 0 saturated heterocycles. The van der Waals surface area contributed by atoms with Gasteiger partial charge in [-0.05, 0) is 35.4 Å². The van der Waals surface area contributed by atoms with E-state index < -0.39 is 19.8 Å². The number of nitrogens with zero attached hydrogens (tertiary/aromatic N) is 2. The average molecular weight is 392 g/mol. The van der Waals surface area contributed by atoms with Gasteiger partial charge in [0.2, 0.25) is 0 Å². The second kappa shape index (κ2) is 7.48. The minimum absolute atomic E-state index is 0.172. The van der Waals surface area contributed by atoms with Gasteiger partial charge in [0, 0.05) is 20.1 Å². The van der Waals surface area contributed by atoms with Gasteiger partial charge in [0.15, 0.2) is 0 Å². The Morgan fingerprint density at radius 1 is 1.07 bits per heavy atom. The summed E-state index contributed by atoms with van der Waals surface area (Å²) in [6, 6.07) is 11.9. The van der Waals surface area contributed by atoms with E-state index >= 15 is 0 Å². The number of benzene rings is 2. The van der Waals surface area contributed by atoms with Gasteiger partial charge in [-0.25, -0.2) is 4.68 Å². The van der Waals surface area contributed by atoms with E-state index in [1.165, 1.54) is 12.1 Å². The molecule has 0 saturated carbocycles. The Balaban J connectivity index is 1.82. The van der Waals surface area contributed by atoms with Crippen LogP contribution in [0.4, 0.5) is 13.2 Å². The zero-order valence-electron chi connectivity index (χ0n) is 15.7. The molecular formula is C20H23F3N2OSi. The van der Waals surface area contributed by atoms with Crippen molar-refractivity contribution >= 4 is 19.0 Å². The molecule has 1 heterocycles. The van der Waals surface area contributed by atoms with E-state index in [2.05, 4.69) is 24.7 Å². The molecule has 1 aromatic heterocycles. The first-order valence-electron chi connectivity index (χ1n) is 8.85. The summed E-state index contributed by atoms with van der Waals surface area (Å²) in [5, 5.41) is 5.11. The van der Waals surface area contributed by atoms with Gasteiger partial charge in [0.25, 0.3) is 0 Å². The average Bonchev–Trinajstić information content (AvgIpc) is 2.99. The molecule has 0 unspecified atom stereocenters. The molecule has 0 N–H and O–H groups in total. The normalized spacial score (nSPS) is 12.7. The third kappa shape index (κ3) is 4.78. The number of hydrogen-bond donors (Lipinski definition) is 0. The van der Waals surface area contributed by atoms with E-state index in [1.807, 2.05) is 0 Å². The molecule has 0 aliphatic heterocycles. The van der Waals surface area contributed by atoms with Crippen LogP contribution in [0, 0.1) is 0 Å². The molecule has 7 heteroatoms. The minimum atomic E-state index is -4.39. The van der Waals surface area contributed by atoms with Crippen LogP contribution in [-0.2, 0) is 17.6 Å². The van der Waals surface area contributed by atoms with E-state index in [0.29, 0.717) is 18.9 Å². The second-order valence-corrected chi connectivity index (χ2v) is 13.4. The van der Waals surface area contributed by atoms with Gasteiger partial charge in [0.1, 0.15) is 6.73 Å². The van der Waals surface area contributed by atoms with Crippen LogP contribution in [0.3, 0.4) is 0 Å². The maximum atomic E-state index is 13.3. The first-order chi connectivity index (χ1) is 12.6. The summed E-state index contributed by atoms with van der Waals surface area (Å²) in [4.78, 5) is 0. The topological polar surface area (TPSA) is 27.1 Å². The highest BCUT2D eigenvalue weighted by atomic mass is 28.3. The molecule has 0 bridgehead atoms. The molecule has 27 heavy (non-hydrogen) atoms. The predicted molar refractivity (Wildman–Crippen MR) is 104 cm³/mol. The Bertz CT molecular complexity index is 929. The SMILES string of the molecule is C[Si](C)(C)CCOCn1ncc2cc(-c3ccccc3C(F)(F)F)ccc21. The third-order valence-electron chi connectivity index (χ3n) is 4.40. The number of alkyl halides is 3. The van der Waals surface area contributed by atoms with Crippen LogP contribution in [0.2, 0.25) is 25.7 Å². The maximum absolute atomic E-state index is 13.3. The molecule has 144 valence electrons. The van der Waals surface area contributed by atoms with Crippen molar-refractivity contribution in [1.82, 2.24) is 9.78 Å². The Morgan fingerprint density at radius 3 is 2.52 bits per heavy atom. The van der Waals surface area contributed by atoms with Crippen LogP contribution in [0.25, 0.3) is 22.0 Å². The van der Waals surface area contributed by atoms with Crippen molar-refractivity contribution in [2.45, 2.75) is 38.6 Å². The Labute approximate surface area is 157 Å². The van der Waals surface area contributed by atoms with E-state index in [9.17, 15) is 13.2 Å². The highest BCUT2D eigenvalue weighted by molar-refractivity contribution is 6.76.